The lowest BCUT2D eigenvalue weighted by molar-refractivity contribution is -0.122. The van der Waals surface area contributed by atoms with E-state index in [2.05, 4.69) is 34.6 Å². The summed E-state index contributed by atoms with van der Waals surface area (Å²) in [7, 11) is 0. The Morgan fingerprint density at radius 1 is 1.47 bits per heavy atom. The maximum Gasteiger partial charge on any atom is 0.234 e. The Morgan fingerprint density at radius 2 is 2.24 bits per heavy atom. The molecule has 94 valence electrons. The molecule has 0 radical (unpaired) electrons. The van der Waals surface area contributed by atoms with Crippen molar-refractivity contribution in [1.82, 2.24) is 15.5 Å². The van der Waals surface area contributed by atoms with Crippen LogP contribution in [0.5, 0.6) is 0 Å². The SMILES string of the molecule is Cc1ccc(CNC(=O)CN2CCNCC2)s1. The molecule has 1 saturated heterocycles. The monoisotopic (exact) mass is 253 g/mol. The number of rotatable bonds is 4. The zero-order chi connectivity index (χ0) is 12.1. The van der Waals surface area contributed by atoms with E-state index in [9.17, 15) is 4.79 Å². The van der Waals surface area contributed by atoms with Gasteiger partial charge in [-0.1, -0.05) is 0 Å². The molecule has 1 amide bonds. The van der Waals surface area contributed by atoms with Crippen molar-refractivity contribution in [2.75, 3.05) is 32.7 Å². The minimum Gasteiger partial charge on any atom is -0.350 e. The van der Waals surface area contributed by atoms with E-state index in [0.717, 1.165) is 26.2 Å². The molecule has 0 spiro atoms. The van der Waals surface area contributed by atoms with Crippen LogP contribution in [0, 0.1) is 6.92 Å². The maximum atomic E-state index is 11.7. The number of nitrogens with zero attached hydrogens (tertiary/aromatic N) is 1. The molecule has 1 aliphatic heterocycles. The van der Waals surface area contributed by atoms with Gasteiger partial charge in [0, 0.05) is 35.9 Å². The van der Waals surface area contributed by atoms with Crippen LogP contribution in [-0.4, -0.2) is 43.5 Å². The van der Waals surface area contributed by atoms with Gasteiger partial charge in [-0.05, 0) is 19.1 Å². The summed E-state index contributed by atoms with van der Waals surface area (Å²) in [5.74, 6) is 0.123. The van der Waals surface area contributed by atoms with Gasteiger partial charge in [-0.2, -0.15) is 0 Å². The first-order valence-corrected chi connectivity index (χ1v) is 6.81. The summed E-state index contributed by atoms with van der Waals surface area (Å²) >= 11 is 1.74. The predicted octanol–water partition coefficient (Wildman–Crippen LogP) is 0.578. The van der Waals surface area contributed by atoms with Crippen LogP contribution in [0.15, 0.2) is 12.1 Å². The Bertz CT molecular complexity index is 372. The van der Waals surface area contributed by atoms with Gasteiger partial charge in [0.2, 0.25) is 5.91 Å². The third kappa shape index (κ3) is 4.11. The minimum atomic E-state index is 0.123. The van der Waals surface area contributed by atoms with E-state index in [1.807, 2.05) is 0 Å². The van der Waals surface area contributed by atoms with Crippen LogP contribution in [-0.2, 0) is 11.3 Å². The molecule has 2 heterocycles. The fourth-order valence-electron chi connectivity index (χ4n) is 1.89. The molecule has 2 N–H and O–H groups in total. The largest absolute Gasteiger partial charge is 0.350 e. The minimum absolute atomic E-state index is 0.123. The fraction of sp³-hybridized carbons (Fsp3) is 0.583. The lowest BCUT2D eigenvalue weighted by Crippen LogP contribution is -2.47. The number of aryl methyl sites for hydroxylation is 1. The van der Waals surface area contributed by atoms with E-state index in [0.29, 0.717) is 13.1 Å². The first-order chi connectivity index (χ1) is 8.24. The highest BCUT2D eigenvalue weighted by Crippen LogP contribution is 2.14. The Labute approximate surface area is 106 Å². The smallest absolute Gasteiger partial charge is 0.234 e. The second-order valence-corrected chi connectivity index (χ2v) is 5.69. The third-order valence-electron chi connectivity index (χ3n) is 2.83. The van der Waals surface area contributed by atoms with Gasteiger partial charge in [-0.25, -0.2) is 0 Å². The first-order valence-electron chi connectivity index (χ1n) is 5.99. The molecule has 0 aliphatic carbocycles. The Morgan fingerprint density at radius 3 is 2.88 bits per heavy atom. The van der Waals surface area contributed by atoms with E-state index in [-0.39, 0.29) is 5.91 Å². The van der Waals surface area contributed by atoms with E-state index in [4.69, 9.17) is 0 Å². The van der Waals surface area contributed by atoms with Crippen LogP contribution >= 0.6 is 11.3 Å². The zero-order valence-electron chi connectivity index (χ0n) is 10.2. The molecule has 1 aromatic heterocycles. The summed E-state index contributed by atoms with van der Waals surface area (Å²) in [5.41, 5.74) is 0. The molecule has 0 saturated carbocycles. The van der Waals surface area contributed by atoms with Crippen molar-refractivity contribution >= 4 is 17.2 Å². The van der Waals surface area contributed by atoms with Gasteiger partial charge < -0.3 is 10.6 Å². The number of carbonyl (C=O) groups is 1. The van der Waals surface area contributed by atoms with Gasteiger partial charge >= 0.3 is 0 Å². The van der Waals surface area contributed by atoms with Crippen LogP contribution < -0.4 is 10.6 Å². The molecule has 1 fully saturated rings. The highest BCUT2D eigenvalue weighted by atomic mass is 32.1. The van der Waals surface area contributed by atoms with Crippen LogP contribution in [0.4, 0.5) is 0 Å². The molecule has 0 unspecified atom stereocenters. The lowest BCUT2D eigenvalue weighted by Gasteiger charge is -2.26. The maximum absolute atomic E-state index is 11.7. The van der Waals surface area contributed by atoms with Crippen molar-refractivity contribution in [3.05, 3.63) is 21.9 Å². The quantitative estimate of drug-likeness (QED) is 0.825. The number of hydrogen-bond acceptors (Lipinski definition) is 4. The van der Waals surface area contributed by atoms with Crippen LogP contribution in [0.25, 0.3) is 0 Å². The van der Waals surface area contributed by atoms with Gasteiger partial charge in [0.1, 0.15) is 0 Å². The molecular weight excluding hydrogens is 234 g/mol. The zero-order valence-corrected chi connectivity index (χ0v) is 11.0. The summed E-state index contributed by atoms with van der Waals surface area (Å²) in [5, 5.41) is 6.25. The second-order valence-electron chi connectivity index (χ2n) is 4.32. The van der Waals surface area contributed by atoms with E-state index in [1.165, 1.54) is 9.75 Å². The van der Waals surface area contributed by atoms with Gasteiger partial charge in [-0.3, -0.25) is 9.69 Å². The topological polar surface area (TPSA) is 44.4 Å². The normalized spacial score (nSPS) is 17.0. The van der Waals surface area contributed by atoms with Crippen LogP contribution in [0.1, 0.15) is 9.75 Å². The molecule has 17 heavy (non-hydrogen) atoms. The van der Waals surface area contributed by atoms with Gasteiger partial charge in [-0.15, -0.1) is 11.3 Å². The van der Waals surface area contributed by atoms with Crippen molar-refractivity contribution < 1.29 is 4.79 Å². The molecule has 1 aromatic rings. The average molecular weight is 253 g/mol. The third-order valence-corrected chi connectivity index (χ3v) is 3.83. The van der Waals surface area contributed by atoms with Crippen molar-refractivity contribution in [2.24, 2.45) is 0 Å². The van der Waals surface area contributed by atoms with Gasteiger partial charge in [0.25, 0.3) is 0 Å². The summed E-state index contributed by atoms with van der Waals surface area (Å²) < 4.78 is 0. The van der Waals surface area contributed by atoms with Crippen LogP contribution in [0.2, 0.25) is 0 Å². The molecule has 0 atom stereocenters. The second kappa shape index (κ2) is 6.14. The molecule has 1 aliphatic rings. The van der Waals surface area contributed by atoms with Crippen LogP contribution in [0.3, 0.4) is 0 Å². The number of thiophene rings is 1. The molecular formula is C12H19N3OS. The summed E-state index contributed by atoms with van der Waals surface area (Å²) in [6, 6.07) is 4.16. The molecule has 0 aromatic carbocycles. The number of hydrogen-bond donors (Lipinski definition) is 2. The van der Waals surface area contributed by atoms with Gasteiger partial charge in [0.05, 0.1) is 13.1 Å². The Balaban J connectivity index is 1.70. The number of piperazine rings is 1. The summed E-state index contributed by atoms with van der Waals surface area (Å²) in [4.78, 5) is 16.4. The number of amides is 1. The fourth-order valence-corrected chi connectivity index (χ4v) is 2.72. The van der Waals surface area contributed by atoms with Crippen molar-refractivity contribution in [2.45, 2.75) is 13.5 Å². The van der Waals surface area contributed by atoms with Crippen molar-refractivity contribution in [3.8, 4) is 0 Å². The van der Waals surface area contributed by atoms with E-state index in [1.54, 1.807) is 11.3 Å². The number of nitrogens with one attached hydrogen (secondary N) is 2. The van der Waals surface area contributed by atoms with E-state index >= 15 is 0 Å². The summed E-state index contributed by atoms with van der Waals surface area (Å²) in [6.07, 6.45) is 0. The summed E-state index contributed by atoms with van der Waals surface area (Å²) in [6.45, 7) is 7.15. The lowest BCUT2D eigenvalue weighted by atomic mass is 10.3. The molecule has 2 rings (SSSR count). The predicted molar refractivity (Wildman–Crippen MR) is 70.2 cm³/mol. The standard InChI is InChI=1S/C12H19N3OS/c1-10-2-3-11(17-10)8-14-12(16)9-15-6-4-13-5-7-15/h2-3,13H,4-9H2,1H3,(H,14,16). The number of carbonyl (C=O) groups excluding carboxylic acids is 1. The first kappa shape index (κ1) is 12.5. The van der Waals surface area contributed by atoms with Gasteiger partial charge in [0.15, 0.2) is 0 Å². The van der Waals surface area contributed by atoms with Crippen molar-refractivity contribution in [3.63, 3.8) is 0 Å². The Kier molecular flexibility index (Phi) is 4.53. The van der Waals surface area contributed by atoms with E-state index < -0.39 is 0 Å². The van der Waals surface area contributed by atoms with Crippen molar-refractivity contribution in [1.29, 1.82) is 0 Å². The Hall–Kier alpha value is -0.910. The molecule has 4 nitrogen and oxygen atoms in total. The highest BCUT2D eigenvalue weighted by molar-refractivity contribution is 7.11. The molecule has 5 heteroatoms. The highest BCUT2D eigenvalue weighted by Gasteiger charge is 2.13. The molecule has 0 bridgehead atoms. The average Bonchev–Trinajstić information content (AvgIpc) is 2.74.